The van der Waals surface area contributed by atoms with Crippen LogP contribution in [-0.4, -0.2) is 17.3 Å². The van der Waals surface area contributed by atoms with Crippen molar-refractivity contribution in [1.29, 1.82) is 0 Å². The standard InChI is InChI=1S/C6H12OS/c1-3-6(7)5-8-4-2/h3-5H2,1-2H3. The van der Waals surface area contributed by atoms with Crippen LogP contribution in [0, 0.1) is 0 Å². The smallest absolute Gasteiger partial charge is 0.142 e. The Morgan fingerprint density at radius 2 is 2.12 bits per heavy atom. The molecule has 0 bridgehead atoms. The van der Waals surface area contributed by atoms with Crippen LogP contribution in [-0.2, 0) is 4.79 Å². The molecule has 0 spiro atoms. The molecule has 0 N–H and O–H groups in total. The van der Waals surface area contributed by atoms with Gasteiger partial charge in [0, 0.05) is 6.42 Å². The first-order valence-corrected chi connectivity index (χ1v) is 4.06. The highest BCUT2D eigenvalue weighted by molar-refractivity contribution is 7.99. The molecule has 0 amide bonds. The zero-order valence-corrected chi connectivity index (χ0v) is 6.25. The minimum atomic E-state index is 0.358. The fraction of sp³-hybridized carbons (Fsp3) is 0.833. The highest BCUT2D eigenvalue weighted by Gasteiger charge is 1.93. The normalized spacial score (nSPS) is 9.25. The molecule has 48 valence electrons. The fourth-order valence-electron chi connectivity index (χ4n) is 0.318. The number of thioether (sulfide) groups is 1. The molecule has 1 nitrogen and oxygen atoms in total. The molecule has 0 radical (unpaired) electrons. The van der Waals surface area contributed by atoms with E-state index in [1.165, 1.54) is 0 Å². The van der Waals surface area contributed by atoms with Gasteiger partial charge in [-0.1, -0.05) is 13.8 Å². The maximum absolute atomic E-state index is 10.5. The largest absolute Gasteiger partial charge is 0.299 e. The summed E-state index contributed by atoms with van der Waals surface area (Å²) >= 11 is 1.69. The monoisotopic (exact) mass is 132 g/mol. The van der Waals surface area contributed by atoms with Gasteiger partial charge in [0.15, 0.2) is 0 Å². The molecule has 0 saturated carbocycles. The Kier molecular flexibility index (Phi) is 5.18. The van der Waals surface area contributed by atoms with Gasteiger partial charge in [0.2, 0.25) is 0 Å². The summed E-state index contributed by atoms with van der Waals surface area (Å²) in [6, 6.07) is 0. The molecule has 0 rings (SSSR count). The number of Topliss-reactive ketones (excluding diaryl/α,β-unsaturated/α-hetero) is 1. The van der Waals surface area contributed by atoms with Gasteiger partial charge in [-0.15, -0.1) is 0 Å². The van der Waals surface area contributed by atoms with Crippen LogP contribution in [0.5, 0.6) is 0 Å². The third-order valence-corrected chi connectivity index (χ3v) is 1.80. The molecule has 2 heteroatoms. The van der Waals surface area contributed by atoms with Crippen LogP contribution in [0.3, 0.4) is 0 Å². The van der Waals surface area contributed by atoms with E-state index in [0.29, 0.717) is 18.0 Å². The molecule has 0 aliphatic heterocycles. The van der Waals surface area contributed by atoms with Crippen LogP contribution in [0.15, 0.2) is 0 Å². The quantitative estimate of drug-likeness (QED) is 0.579. The van der Waals surface area contributed by atoms with E-state index in [0.717, 1.165) is 5.75 Å². The van der Waals surface area contributed by atoms with E-state index < -0.39 is 0 Å². The minimum Gasteiger partial charge on any atom is -0.299 e. The van der Waals surface area contributed by atoms with Gasteiger partial charge in [-0.05, 0) is 5.75 Å². The molecule has 0 saturated heterocycles. The fourth-order valence-corrected chi connectivity index (χ4v) is 0.954. The second-order valence-electron chi connectivity index (χ2n) is 1.53. The predicted molar refractivity (Wildman–Crippen MR) is 38.3 cm³/mol. The number of hydrogen-bond donors (Lipinski definition) is 0. The van der Waals surface area contributed by atoms with E-state index >= 15 is 0 Å². The van der Waals surface area contributed by atoms with Gasteiger partial charge in [0.05, 0.1) is 5.75 Å². The molecular formula is C6H12OS. The molecule has 0 unspecified atom stereocenters. The average molecular weight is 132 g/mol. The van der Waals surface area contributed by atoms with E-state index in [-0.39, 0.29) is 0 Å². The van der Waals surface area contributed by atoms with E-state index in [1.807, 2.05) is 6.92 Å². The number of carbonyl (C=O) groups is 1. The summed E-state index contributed by atoms with van der Waals surface area (Å²) in [7, 11) is 0. The van der Waals surface area contributed by atoms with Gasteiger partial charge < -0.3 is 0 Å². The molecule has 0 aromatic carbocycles. The van der Waals surface area contributed by atoms with Crippen molar-refractivity contribution < 1.29 is 4.79 Å². The maximum atomic E-state index is 10.5. The average Bonchev–Trinajstić information content (AvgIpc) is 1.83. The lowest BCUT2D eigenvalue weighted by molar-refractivity contribution is -0.116. The first kappa shape index (κ1) is 8.02. The first-order valence-electron chi connectivity index (χ1n) is 2.90. The van der Waals surface area contributed by atoms with Gasteiger partial charge in [0.1, 0.15) is 5.78 Å². The first-order chi connectivity index (χ1) is 3.81. The molecule has 0 heterocycles. The van der Waals surface area contributed by atoms with E-state index in [1.54, 1.807) is 11.8 Å². The van der Waals surface area contributed by atoms with Gasteiger partial charge in [-0.25, -0.2) is 0 Å². The highest BCUT2D eigenvalue weighted by Crippen LogP contribution is 1.98. The third kappa shape index (κ3) is 4.19. The van der Waals surface area contributed by atoms with Crippen molar-refractivity contribution in [3.63, 3.8) is 0 Å². The van der Waals surface area contributed by atoms with Crippen LogP contribution in [0.25, 0.3) is 0 Å². The van der Waals surface area contributed by atoms with Crippen LogP contribution < -0.4 is 0 Å². The summed E-state index contributed by atoms with van der Waals surface area (Å²) in [6.07, 6.45) is 0.688. The van der Waals surface area contributed by atoms with Crippen molar-refractivity contribution in [1.82, 2.24) is 0 Å². The topological polar surface area (TPSA) is 17.1 Å². The SMILES string of the molecule is CCSCC(=O)CC. The highest BCUT2D eigenvalue weighted by atomic mass is 32.2. The summed E-state index contributed by atoms with van der Waals surface area (Å²) in [4.78, 5) is 10.5. The number of carbonyl (C=O) groups excluding carboxylic acids is 1. The van der Waals surface area contributed by atoms with Crippen molar-refractivity contribution in [2.45, 2.75) is 20.3 Å². The van der Waals surface area contributed by atoms with Gasteiger partial charge in [-0.2, -0.15) is 11.8 Å². The van der Waals surface area contributed by atoms with Crippen LogP contribution in [0.4, 0.5) is 0 Å². The third-order valence-electron chi connectivity index (χ3n) is 0.862. The Morgan fingerprint density at radius 1 is 1.50 bits per heavy atom. The van der Waals surface area contributed by atoms with Gasteiger partial charge >= 0.3 is 0 Å². The van der Waals surface area contributed by atoms with Crippen molar-refractivity contribution in [3.05, 3.63) is 0 Å². The summed E-state index contributed by atoms with van der Waals surface area (Å²) < 4.78 is 0. The Balaban J connectivity index is 2.99. The predicted octanol–water partition coefficient (Wildman–Crippen LogP) is 1.72. The molecule has 0 aromatic heterocycles. The van der Waals surface area contributed by atoms with Crippen molar-refractivity contribution >= 4 is 17.5 Å². The molecule has 0 aromatic rings. The number of rotatable bonds is 4. The number of hydrogen-bond acceptors (Lipinski definition) is 2. The Labute approximate surface area is 54.8 Å². The molecular weight excluding hydrogens is 120 g/mol. The number of ketones is 1. The summed E-state index contributed by atoms with van der Waals surface area (Å²) in [5.74, 6) is 2.11. The van der Waals surface area contributed by atoms with Gasteiger partial charge in [-0.3, -0.25) is 4.79 Å². The molecule has 8 heavy (non-hydrogen) atoms. The van der Waals surface area contributed by atoms with Crippen LogP contribution in [0.1, 0.15) is 20.3 Å². The molecule has 0 aliphatic carbocycles. The summed E-state index contributed by atoms with van der Waals surface area (Å²) in [5.41, 5.74) is 0. The Bertz CT molecular complexity index is 70.9. The van der Waals surface area contributed by atoms with E-state index in [4.69, 9.17) is 0 Å². The van der Waals surface area contributed by atoms with E-state index in [2.05, 4.69) is 6.92 Å². The lowest BCUT2D eigenvalue weighted by Gasteiger charge is -1.91. The Hall–Kier alpha value is 0.0200. The summed E-state index contributed by atoms with van der Waals surface area (Å²) in [6.45, 7) is 3.96. The molecule has 0 aliphatic rings. The Morgan fingerprint density at radius 3 is 2.50 bits per heavy atom. The maximum Gasteiger partial charge on any atom is 0.142 e. The lowest BCUT2D eigenvalue weighted by atomic mass is 10.4. The minimum absolute atomic E-state index is 0.358. The van der Waals surface area contributed by atoms with E-state index in [9.17, 15) is 4.79 Å². The summed E-state index contributed by atoms with van der Waals surface area (Å²) in [5, 5.41) is 0. The zero-order valence-electron chi connectivity index (χ0n) is 5.44. The van der Waals surface area contributed by atoms with Crippen molar-refractivity contribution in [3.8, 4) is 0 Å². The zero-order chi connectivity index (χ0) is 6.41. The van der Waals surface area contributed by atoms with Crippen molar-refractivity contribution in [2.75, 3.05) is 11.5 Å². The molecule has 0 fully saturated rings. The molecule has 0 atom stereocenters. The van der Waals surface area contributed by atoms with Crippen LogP contribution in [0.2, 0.25) is 0 Å². The second-order valence-corrected chi connectivity index (χ2v) is 2.80. The second kappa shape index (κ2) is 5.16. The van der Waals surface area contributed by atoms with Crippen LogP contribution >= 0.6 is 11.8 Å². The van der Waals surface area contributed by atoms with Crippen molar-refractivity contribution in [2.24, 2.45) is 0 Å². The van der Waals surface area contributed by atoms with Gasteiger partial charge in [0.25, 0.3) is 0 Å². The lowest BCUT2D eigenvalue weighted by Crippen LogP contribution is -1.97.